The molecule has 0 spiro atoms. The number of rotatable bonds is 7. The summed E-state index contributed by atoms with van der Waals surface area (Å²) >= 11 is 0. The molecule has 8 nitrogen and oxygen atoms in total. The van der Waals surface area contributed by atoms with Crippen molar-refractivity contribution in [2.45, 2.75) is 6.42 Å². The maximum atomic E-state index is 12.4. The smallest absolute Gasteiger partial charge is 0.251 e. The number of hydrogen-bond donors (Lipinski definition) is 1. The van der Waals surface area contributed by atoms with Gasteiger partial charge in [-0.2, -0.15) is 0 Å². The summed E-state index contributed by atoms with van der Waals surface area (Å²) in [7, 11) is 4.06. The Hall–Kier alpha value is -2.74. The molecule has 0 aliphatic carbocycles. The highest BCUT2D eigenvalue weighted by Gasteiger charge is 2.20. The number of carbonyl (C=O) groups is 1. The van der Waals surface area contributed by atoms with E-state index in [9.17, 15) is 4.79 Å². The predicted octanol–water partition coefficient (Wildman–Crippen LogP) is 0.880. The van der Waals surface area contributed by atoms with Crippen molar-refractivity contribution in [1.82, 2.24) is 25.2 Å². The molecular weight excluding hydrogens is 342 g/mol. The van der Waals surface area contributed by atoms with E-state index < -0.39 is 0 Å². The number of anilines is 2. The van der Waals surface area contributed by atoms with Gasteiger partial charge >= 0.3 is 0 Å². The first-order valence-corrected chi connectivity index (χ1v) is 9.29. The summed E-state index contributed by atoms with van der Waals surface area (Å²) in [5, 5.41) is 2.98. The third-order valence-corrected chi connectivity index (χ3v) is 4.51. The number of amides is 1. The molecule has 3 heterocycles. The molecule has 0 bridgehead atoms. The van der Waals surface area contributed by atoms with Gasteiger partial charge in [-0.05, 0) is 45.3 Å². The Morgan fingerprint density at radius 1 is 1.07 bits per heavy atom. The van der Waals surface area contributed by atoms with Crippen molar-refractivity contribution in [1.29, 1.82) is 0 Å². The molecular formula is C19H27N7O. The highest BCUT2D eigenvalue weighted by molar-refractivity contribution is 5.94. The van der Waals surface area contributed by atoms with Gasteiger partial charge in [-0.25, -0.2) is 15.0 Å². The Morgan fingerprint density at radius 2 is 1.78 bits per heavy atom. The number of nitrogens with one attached hydrogen (secondary N) is 1. The van der Waals surface area contributed by atoms with E-state index in [1.165, 1.54) is 0 Å². The van der Waals surface area contributed by atoms with Gasteiger partial charge in [0.2, 0.25) is 5.95 Å². The summed E-state index contributed by atoms with van der Waals surface area (Å²) in [6.07, 6.45) is 6.16. The molecule has 2 aromatic rings. The number of hydrogen-bond acceptors (Lipinski definition) is 7. The van der Waals surface area contributed by atoms with Crippen LogP contribution in [0.25, 0.3) is 0 Å². The molecule has 0 saturated carbocycles. The lowest BCUT2D eigenvalue weighted by Crippen LogP contribution is -2.47. The van der Waals surface area contributed by atoms with E-state index in [0.717, 1.165) is 50.9 Å². The Balaban J connectivity index is 1.54. The van der Waals surface area contributed by atoms with Crippen LogP contribution in [0.2, 0.25) is 0 Å². The summed E-state index contributed by atoms with van der Waals surface area (Å²) in [6, 6.07) is 5.45. The van der Waals surface area contributed by atoms with Crippen molar-refractivity contribution in [3.05, 3.63) is 42.4 Å². The molecule has 1 amide bonds. The van der Waals surface area contributed by atoms with Crippen LogP contribution in [0.3, 0.4) is 0 Å². The van der Waals surface area contributed by atoms with Crippen LogP contribution in [0.4, 0.5) is 11.8 Å². The number of piperazine rings is 1. The van der Waals surface area contributed by atoms with Gasteiger partial charge in [0.15, 0.2) is 0 Å². The molecule has 2 aromatic heterocycles. The second kappa shape index (κ2) is 9.27. The summed E-state index contributed by atoms with van der Waals surface area (Å²) in [5.74, 6) is 1.55. The van der Waals surface area contributed by atoms with Crippen LogP contribution in [0.1, 0.15) is 16.8 Å². The van der Waals surface area contributed by atoms with E-state index in [0.29, 0.717) is 12.1 Å². The largest absolute Gasteiger partial charge is 0.353 e. The van der Waals surface area contributed by atoms with Crippen LogP contribution in [-0.4, -0.2) is 79.1 Å². The van der Waals surface area contributed by atoms with Crippen LogP contribution in [0.5, 0.6) is 0 Å². The van der Waals surface area contributed by atoms with Gasteiger partial charge in [0, 0.05) is 56.9 Å². The van der Waals surface area contributed by atoms with Crippen LogP contribution < -0.4 is 15.1 Å². The minimum absolute atomic E-state index is 0.0475. The topological polar surface area (TPSA) is 77.5 Å². The van der Waals surface area contributed by atoms with Gasteiger partial charge in [-0.3, -0.25) is 4.79 Å². The van der Waals surface area contributed by atoms with Crippen molar-refractivity contribution in [3.8, 4) is 0 Å². The zero-order valence-corrected chi connectivity index (χ0v) is 16.0. The lowest BCUT2D eigenvalue weighted by Gasteiger charge is -2.35. The predicted molar refractivity (Wildman–Crippen MR) is 106 cm³/mol. The molecule has 1 fully saturated rings. The molecule has 0 unspecified atom stereocenters. The minimum atomic E-state index is -0.0475. The fraction of sp³-hybridized carbons (Fsp3) is 0.474. The average molecular weight is 369 g/mol. The molecule has 144 valence electrons. The molecule has 1 saturated heterocycles. The molecule has 0 radical (unpaired) electrons. The number of pyridine rings is 1. The van der Waals surface area contributed by atoms with Crippen molar-refractivity contribution >= 4 is 17.7 Å². The quantitative estimate of drug-likeness (QED) is 0.726. The van der Waals surface area contributed by atoms with Gasteiger partial charge in [0.05, 0.1) is 0 Å². The summed E-state index contributed by atoms with van der Waals surface area (Å²) < 4.78 is 0. The first-order chi connectivity index (χ1) is 13.1. The zero-order chi connectivity index (χ0) is 19.1. The van der Waals surface area contributed by atoms with Crippen molar-refractivity contribution in [2.75, 3.05) is 63.2 Å². The second-order valence-corrected chi connectivity index (χ2v) is 6.84. The molecule has 8 heteroatoms. The normalized spacial score (nSPS) is 14.5. The number of aromatic nitrogens is 3. The lowest BCUT2D eigenvalue weighted by atomic mass is 10.2. The Labute approximate surface area is 160 Å². The van der Waals surface area contributed by atoms with Gasteiger partial charge < -0.3 is 20.0 Å². The maximum Gasteiger partial charge on any atom is 0.251 e. The van der Waals surface area contributed by atoms with Crippen molar-refractivity contribution < 1.29 is 4.79 Å². The van der Waals surface area contributed by atoms with E-state index in [1.807, 2.05) is 26.2 Å². The Bertz CT molecular complexity index is 730. The molecule has 1 N–H and O–H groups in total. The standard InChI is InChI=1S/C19H27N7O/c1-24(2)10-4-8-21-18(27)16-5-9-20-17(15-16)25-11-13-26(14-12-25)19-22-6-3-7-23-19/h3,5-7,9,15H,4,8,10-14H2,1-2H3,(H,21,27). The fourth-order valence-corrected chi connectivity index (χ4v) is 3.02. The zero-order valence-electron chi connectivity index (χ0n) is 16.0. The van der Waals surface area contributed by atoms with Gasteiger partial charge in [-0.15, -0.1) is 0 Å². The molecule has 27 heavy (non-hydrogen) atoms. The molecule has 0 atom stereocenters. The highest BCUT2D eigenvalue weighted by atomic mass is 16.1. The van der Waals surface area contributed by atoms with Gasteiger partial charge in [0.1, 0.15) is 5.82 Å². The second-order valence-electron chi connectivity index (χ2n) is 6.84. The molecule has 3 rings (SSSR count). The van der Waals surface area contributed by atoms with E-state index in [-0.39, 0.29) is 5.91 Å². The molecule has 1 aliphatic heterocycles. The third-order valence-electron chi connectivity index (χ3n) is 4.51. The number of nitrogens with zero attached hydrogens (tertiary/aromatic N) is 6. The lowest BCUT2D eigenvalue weighted by molar-refractivity contribution is 0.0952. The maximum absolute atomic E-state index is 12.4. The summed E-state index contributed by atoms with van der Waals surface area (Å²) in [4.78, 5) is 31.9. The first kappa shape index (κ1) is 19.0. The van der Waals surface area contributed by atoms with Crippen LogP contribution in [0, 0.1) is 0 Å². The van der Waals surface area contributed by atoms with E-state index >= 15 is 0 Å². The first-order valence-electron chi connectivity index (χ1n) is 9.29. The fourth-order valence-electron chi connectivity index (χ4n) is 3.02. The summed E-state index contributed by atoms with van der Waals surface area (Å²) in [5.41, 5.74) is 0.652. The van der Waals surface area contributed by atoms with Crippen molar-refractivity contribution in [2.24, 2.45) is 0 Å². The molecule has 0 aromatic carbocycles. The monoisotopic (exact) mass is 369 g/mol. The Kier molecular flexibility index (Phi) is 6.54. The third kappa shape index (κ3) is 5.37. The average Bonchev–Trinajstić information content (AvgIpc) is 2.72. The van der Waals surface area contributed by atoms with Crippen LogP contribution >= 0.6 is 0 Å². The van der Waals surface area contributed by atoms with Crippen LogP contribution in [0.15, 0.2) is 36.8 Å². The van der Waals surface area contributed by atoms with Gasteiger partial charge in [0.25, 0.3) is 5.91 Å². The number of carbonyl (C=O) groups excluding carboxylic acids is 1. The van der Waals surface area contributed by atoms with E-state index in [1.54, 1.807) is 24.7 Å². The van der Waals surface area contributed by atoms with Crippen LogP contribution in [-0.2, 0) is 0 Å². The minimum Gasteiger partial charge on any atom is -0.353 e. The Morgan fingerprint density at radius 3 is 2.48 bits per heavy atom. The van der Waals surface area contributed by atoms with Gasteiger partial charge in [-0.1, -0.05) is 0 Å². The SMILES string of the molecule is CN(C)CCCNC(=O)c1ccnc(N2CCN(c3ncccn3)CC2)c1. The summed E-state index contributed by atoms with van der Waals surface area (Å²) in [6.45, 7) is 4.92. The molecule has 1 aliphatic rings. The van der Waals surface area contributed by atoms with E-state index in [4.69, 9.17) is 0 Å². The highest BCUT2D eigenvalue weighted by Crippen LogP contribution is 2.17. The van der Waals surface area contributed by atoms with E-state index in [2.05, 4.69) is 35.0 Å². The van der Waals surface area contributed by atoms with Crippen molar-refractivity contribution in [3.63, 3.8) is 0 Å².